The number of hydrogen-bond acceptors (Lipinski definition) is 3. The van der Waals surface area contributed by atoms with Gasteiger partial charge in [0.2, 0.25) is 5.91 Å². The number of aliphatic hydroxyl groups excluding tert-OH is 2. The van der Waals surface area contributed by atoms with E-state index in [4.69, 9.17) is 0 Å². The van der Waals surface area contributed by atoms with Crippen molar-refractivity contribution in [2.24, 2.45) is 0 Å². The molecule has 2 unspecified atom stereocenters. The largest absolute Gasteiger partial charge is 0.394 e. The first kappa shape index (κ1) is 37.6. The number of carbonyl (C=O) groups is 1. The van der Waals surface area contributed by atoms with Crippen molar-refractivity contribution in [2.75, 3.05) is 6.61 Å². The Hall–Kier alpha value is -2.43. The first-order chi connectivity index (χ1) is 19.7. The molecule has 0 aliphatic carbocycles. The van der Waals surface area contributed by atoms with Crippen LogP contribution in [0.15, 0.2) is 85.1 Å². The molecule has 4 nitrogen and oxygen atoms in total. The number of aliphatic hydroxyl groups is 2. The maximum Gasteiger partial charge on any atom is 0.220 e. The van der Waals surface area contributed by atoms with Crippen molar-refractivity contribution < 1.29 is 15.0 Å². The lowest BCUT2D eigenvalue weighted by molar-refractivity contribution is -0.123. The molecule has 0 saturated heterocycles. The molecule has 0 bridgehead atoms. The molecule has 3 N–H and O–H groups in total. The normalized spacial score (nSPS) is 14.4. The fourth-order valence-electron chi connectivity index (χ4n) is 3.90. The molecule has 0 saturated carbocycles. The summed E-state index contributed by atoms with van der Waals surface area (Å²) >= 11 is 0. The molecule has 0 spiro atoms. The highest BCUT2D eigenvalue weighted by Crippen LogP contribution is 2.05. The smallest absolute Gasteiger partial charge is 0.220 e. The van der Waals surface area contributed by atoms with Crippen LogP contribution in [0.3, 0.4) is 0 Å². The van der Waals surface area contributed by atoms with Crippen LogP contribution < -0.4 is 5.32 Å². The zero-order valence-electron chi connectivity index (χ0n) is 25.6. The molecule has 0 aromatic heterocycles. The lowest BCUT2D eigenvalue weighted by Gasteiger charge is -2.19. The van der Waals surface area contributed by atoms with Gasteiger partial charge in [-0.1, -0.05) is 112 Å². The van der Waals surface area contributed by atoms with Gasteiger partial charge in [-0.15, -0.1) is 0 Å². The van der Waals surface area contributed by atoms with Gasteiger partial charge in [0, 0.05) is 6.42 Å². The van der Waals surface area contributed by atoms with Crippen molar-refractivity contribution in [1.29, 1.82) is 0 Å². The number of allylic oxidation sites excluding steroid dienone is 13. The molecule has 0 aromatic carbocycles. The van der Waals surface area contributed by atoms with E-state index in [1.165, 1.54) is 25.7 Å². The maximum atomic E-state index is 12.2. The molecule has 0 heterocycles. The Kier molecular flexibility index (Phi) is 29.2. The van der Waals surface area contributed by atoms with Crippen molar-refractivity contribution in [3.05, 3.63) is 85.1 Å². The highest BCUT2D eigenvalue weighted by molar-refractivity contribution is 5.76. The Labute approximate surface area is 246 Å². The highest BCUT2D eigenvalue weighted by atomic mass is 16.3. The third-order valence-corrected chi connectivity index (χ3v) is 6.34. The summed E-state index contributed by atoms with van der Waals surface area (Å²) in [5.41, 5.74) is 0. The average molecular weight is 554 g/mol. The van der Waals surface area contributed by atoms with Gasteiger partial charge >= 0.3 is 0 Å². The minimum atomic E-state index is -0.889. The third kappa shape index (κ3) is 27.1. The summed E-state index contributed by atoms with van der Waals surface area (Å²) in [7, 11) is 0. The molecular formula is C36H59NO3. The predicted molar refractivity (Wildman–Crippen MR) is 174 cm³/mol. The van der Waals surface area contributed by atoms with Crippen molar-refractivity contribution in [1.82, 2.24) is 5.32 Å². The van der Waals surface area contributed by atoms with Crippen molar-refractivity contribution in [3.8, 4) is 0 Å². The lowest BCUT2D eigenvalue weighted by atomic mass is 10.1. The predicted octanol–water partition coefficient (Wildman–Crippen LogP) is 9.00. The van der Waals surface area contributed by atoms with Crippen molar-refractivity contribution in [2.45, 2.75) is 129 Å². The summed E-state index contributed by atoms with van der Waals surface area (Å²) in [6.07, 6.45) is 45.1. The van der Waals surface area contributed by atoms with Gasteiger partial charge in [-0.2, -0.15) is 0 Å². The first-order valence-corrected chi connectivity index (χ1v) is 15.8. The molecule has 0 rings (SSSR count). The van der Waals surface area contributed by atoms with Crippen LogP contribution in [0.25, 0.3) is 0 Å². The second-order valence-electron chi connectivity index (χ2n) is 10.1. The van der Waals surface area contributed by atoms with Gasteiger partial charge in [0.05, 0.1) is 18.8 Å². The minimum absolute atomic E-state index is 0.126. The van der Waals surface area contributed by atoms with Gasteiger partial charge in [-0.05, 0) is 83.5 Å². The monoisotopic (exact) mass is 553 g/mol. The van der Waals surface area contributed by atoms with Crippen LogP contribution in [0.4, 0.5) is 0 Å². The molecule has 1 amide bonds. The van der Waals surface area contributed by atoms with E-state index < -0.39 is 12.1 Å². The molecule has 0 aromatic rings. The molecule has 4 heteroatoms. The van der Waals surface area contributed by atoms with Gasteiger partial charge < -0.3 is 15.5 Å². The van der Waals surface area contributed by atoms with E-state index in [0.717, 1.165) is 70.6 Å². The van der Waals surface area contributed by atoms with E-state index in [0.29, 0.717) is 6.42 Å². The Morgan fingerprint density at radius 2 is 1.10 bits per heavy atom. The Morgan fingerprint density at radius 1 is 0.625 bits per heavy atom. The molecular weight excluding hydrogens is 494 g/mol. The van der Waals surface area contributed by atoms with Crippen LogP contribution in [0.1, 0.15) is 117 Å². The van der Waals surface area contributed by atoms with Crippen LogP contribution in [-0.4, -0.2) is 34.9 Å². The minimum Gasteiger partial charge on any atom is -0.394 e. The van der Waals surface area contributed by atoms with Crippen LogP contribution in [0, 0.1) is 0 Å². The summed E-state index contributed by atoms with van der Waals surface area (Å²) in [6, 6.07) is -0.669. The summed E-state index contributed by atoms with van der Waals surface area (Å²) in [4.78, 5) is 12.2. The standard InChI is InChI=1S/C36H59NO3/c1-3-5-7-9-11-13-15-17-18-20-22-24-26-28-30-32-36(40)37-34(33-38)35(39)31-29-27-25-23-21-19-16-14-12-10-8-6-4-2/h5,7,11-14,17-18,21-24,29,31,34-35,38-39H,3-4,6,8-10,15-16,19-20,25-28,30,32-33H2,1-2H3,(H,37,40)/b7-5-,13-11-,14-12+,18-17-,23-21+,24-22-,31-29+. The summed E-state index contributed by atoms with van der Waals surface area (Å²) in [5.74, 6) is -0.126. The van der Waals surface area contributed by atoms with E-state index >= 15 is 0 Å². The van der Waals surface area contributed by atoms with Crippen molar-refractivity contribution >= 4 is 5.91 Å². The maximum absolute atomic E-state index is 12.2. The number of nitrogens with one attached hydrogen (secondary N) is 1. The molecule has 226 valence electrons. The van der Waals surface area contributed by atoms with Crippen LogP contribution in [0.2, 0.25) is 0 Å². The summed E-state index contributed by atoms with van der Waals surface area (Å²) in [5, 5.41) is 22.7. The molecule has 0 fully saturated rings. The second-order valence-corrected chi connectivity index (χ2v) is 10.1. The van der Waals surface area contributed by atoms with E-state index in [1.807, 2.05) is 6.08 Å². The number of carbonyl (C=O) groups excluding carboxylic acids is 1. The molecule has 40 heavy (non-hydrogen) atoms. The first-order valence-electron chi connectivity index (χ1n) is 15.8. The van der Waals surface area contributed by atoms with Crippen molar-refractivity contribution in [3.63, 3.8) is 0 Å². The van der Waals surface area contributed by atoms with E-state index in [9.17, 15) is 15.0 Å². The highest BCUT2D eigenvalue weighted by Gasteiger charge is 2.17. The van der Waals surface area contributed by atoms with Gasteiger partial charge in [0.25, 0.3) is 0 Å². The fraction of sp³-hybridized carbons (Fsp3) is 0.583. The van der Waals surface area contributed by atoms with Gasteiger partial charge in [-0.25, -0.2) is 0 Å². The third-order valence-electron chi connectivity index (χ3n) is 6.34. The van der Waals surface area contributed by atoms with E-state index in [1.54, 1.807) is 6.08 Å². The molecule has 0 aliphatic rings. The van der Waals surface area contributed by atoms with E-state index in [-0.39, 0.29) is 12.5 Å². The van der Waals surface area contributed by atoms with Crippen LogP contribution in [-0.2, 0) is 4.79 Å². The topological polar surface area (TPSA) is 69.6 Å². The van der Waals surface area contributed by atoms with Crippen LogP contribution >= 0.6 is 0 Å². The van der Waals surface area contributed by atoms with E-state index in [2.05, 4.69) is 92.1 Å². The molecule has 0 radical (unpaired) electrons. The zero-order chi connectivity index (χ0) is 29.4. The fourth-order valence-corrected chi connectivity index (χ4v) is 3.90. The molecule has 2 atom stereocenters. The Balaban J connectivity index is 3.89. The zero-order valence-corrected chi connectivity index (χ0v) is 25.6. The van der Waals surface area contributed by atoms with Gasteiger partial charge in [0.1, 0.15) is 0 Å². The summed E-state index contributed by atoms with van der Waals surface area (Å²) in [6.45, 7) is 4.08. The number of hydrogen-bond donors (Lipinski definition) is 3. The summed E-state index contributed by atoms with van der Waals surface area (Å²) < 4.78 is 0. The Bertz CT molecular complexity index is 773. The number of amides is 1. The second kappa shape index (κ2) is 31.1. The molecule has 0 aliphatic heterocycles. The lowest BCUT2D eigenvalue weighted by Crippen LogP contribution is -2.45. The number of rotatable bonds is 26. The number of unbranched alkanes of at least 4 members (excludes halogenated alkanes) is 7. The van der Waals surface area contributed by atoms with Gasteiger partial charge in [-0.3, -0.25) is 4.79 Å². The van der Waals surface area contributed by atoms with Gasteiger partial charge in [0.15, 0.2) is 0 Å². The van der Waals surface area contributed by atoms with Crippen LogP contribution in [0.5, 0.6) is 0 Å². The SMILES string of the molecule is CC/C=C\C/C=C\C/C=C\C/C=C\CCCCC(=O)NC(CO)C(O)/C=C/CC/C=C/CC/C=C/CCCCC. The Morgan fingerprint density at radius 3 is 1.65 bits per heavy atom. The average Bonchev–Trinajstić information content (AvgIpc) is 2.96. The quantitative estimate of drug-likeness (QED) is 0.0739.